The lowest BCUT2D eigenvalue weighted by Crippen LogP contribution is -2.25. The first-order valence-electron chi connectivity index (χ1n) is 4.57. The molecule has 0 radical (unpaired) electrons. The van der Waals surface area contributed by atoms with Gasteiger partial charge in [0.25, 0.3) is 0 Å². The first kappa shape index (κ1) is 12.4. The van der Waals surface area contributed by atoms with E-state index in [0.29, 0.717) is 0 Å². The first-order valence-corrected chi connectivity index (χ1v) is 6.24. The maximum Gasteiger partial charge on any atom is 0.152 e. The van der Waals surface area contributed by atoms with E-state index in [1.165, 1.54) is 0 Å². The molecule has 1 atom stereocenters. The fourth-order valence-corrected chi connectivity index (χ4v) is 2.69. The number of hydrogen-bond donors (Lipinski definition) is 2. The van der Waals surface area contributed by atoms with E-state index in [-0.39, 0.29) is 11.1 Å². The van der Waals surface area contributed by atoms with E-state index in [4.69, 9.17) is 10.9 Å². The Morgan fingerprint density at radius 3 is 2.93 bits per heavy atom. The van der Waals surface area contributed by atoms with Crippen molar-refractivity contribution in [1.29, 1.82) is 0 Å². The second-order valence-corrected chi connectivity index (χ2v) is 5.19. The molecule has 0 bridgehead atoms. The molecule has 1 rings (SSSR count). The predicted octanol–water partition coefficient (Wildman–Crippen LogP) is 3.07. The van der Waals surface area contributed by atoms with Crippen LogP contribution in [0.3, 0.4) is 0 Å². The molecule has 0 fully saturated rings. The molecule has 1 unspecified atom stereocenters. The van der Waals surface area contributed by atoms with E-state index in [1.807, 2.05) is 31.2 Å². The number of halogens is 1. The number of benzene rings is 1. The SMILES string of the molecule is CCC(Sc1cccc(Br)c1)C(N)=NO. The second kappa shape index (κ2) is 6.02. The number of rotatable bonds is 4. The van der Waals surface area contributed by atoms with Gasteiger partial charge in [0.1, 0.15) is 0 Å². The highest BCUT2D eigenvalue weighted by molar-refractivity contribution is 9.10. The monoisotopic (exact) mass is 288 g/mol. The van der Waals surface area contributed by atoms with Gasteiger partial charge >= 0.3 is 0 Å². The summed E-state index contributed by atoms with van der Waals surface area (Å²) in [6.07, 6.45) is 0.826. The van der Waals surface area contributed by atoms with Crippen molar-refractivity contribution >= 4 is 33.5 Å². The summed E-state index contributed by atoms with van der Waals surface area (Å²) in [4.78, 5) is 1.10. The van der Waals surface area contributed by atoms with Gasteiger partial charge in [0, 0.05) is 9.37 Å². The molecule has 3 nitrogen and oxygen atoms in total. The maximum absolute atomic E-state index is 8.61. The summed E-state index contributed by atoms with van der Waals surface area (Å²) in [5.74, 6) is 0.266. The van der Waals surface area contributed by atoms with Gasteiger partial charge in [0.05, 0.1) is 5.25 Å². The molecular weight excluding hydrogens is 276 g/mol. The van der Waals surface area contributed by atoms with Crippen LogP contribution in [-0.2, 0) is 0 Å². The van der Waals surface area contributed by atoms with Crippen molar-refractivity contribution < 1.29 is 5.21 Å². The molecule has 0 aliphatic rings. The topological polar surface area (TPSA) is 58.6 Å². The number of amidine groups is 1. The highest BCUT2D eigenvalue weighted by Gasteiger charge is 2.13. The van der Waals surface area contributed by atoms with Crippen LogP contribution in [0.2, 0.25) is 0 Å². The molecule has 3 N–H and O–H groups in total. The summed E-state index contributed by atoms with van der Waals surface area (Å²) >= 11 is 4.99. The fraction of sp³-hybridized carbons (Fsp3) is 0.300. The van der Waals surface area contributed by atoms with Crippen molar-refractivity contribution in [3.05, 3.63) is 28.7 Å². The van der Waals surface area contributed by atoms with Crippen molar-refractivity contribution in [2.45, 2.75) is 23.5 Å². The molecule has 15 heavy (non-hydrogen) atoms. The van der Waals surface area contributed by atoms with Gasteiger partial charge in [-0.1, -0.05) is 34.1 Å². The van der Waals surface area contributed by atoms with Gasteiger partial charge in [0.2, 0.25) is 0 Å². The molecule has 0 spiro atoms. The lowest BCUT2D eigenvalue weighted by atomic mass is 10.3. The van der Waals surface area contributed by atoms with E-state index in [9.17, 15) is 0 Å². The Bertz CT molecular complexity index is 357. The number of nitrogens with two attached hydrogens (primary N) is 1. The number of thioether (sulfide) groups is 1. The lowest BCUT2D eigenvalue weighted by Gasteiger charge is -2.12. The summed E-state index contributed by atoms with van der Waals surface area (Å²) in [5, 5.41) is 11.7. The van der Waals surface area contributed by atoms with Crippen LogP contribution in [0.5, 0.6) is 0 Å². The quantitative estimate of drug-likeness (QED) is 0.294. The predicted molar refractivity (Wildman–Crippen MR) is 67.5 cm³/mol. The van der Waals surface area contributed by atoms with Crippen molar-refractivity contribution in [2.75, 3.05) is 0 Å². The maximum atomic E-state index is 8.61. The standard InChI is InChI=1S/C10H13BrN2OS/c1-2-9(10(12)13-14)15-8-5-3-4-7(11)6-8/h3-6,9,14H,2H2,1H3,(H2,12,13). The average Bonchev–Trinajstić information content (AvgIpc) is 2.25. The Morgan fingerprint density at radius 2 is 2.40 bits per heavy atom. The highest BCUT2D eigenvalue weighted by Crippen LogP contribution is 2.27. The Labute approximate surface area is 102 Å². The summed E-state index contributed by atoms with van der Waals surface area (Å²) in [7, 11) is 0. The third-order valence-corrected chi connectivity index (χ3v) is 3.77. The van der Waals surface area contributed by atoms with Crippen LogP contribution in [0.4, 0.5) is 0 Å². The highest BCUT2D eigenvalue weighted by atomic mass is 79.9. The van der Waals surface area contributed by atoms with E-state index < -0.39 is 0 Å². The van der Waals surface area contributed by atoms with Crippen LogP contribution >= 0.6 is 27.7 Å². The molecule has 0 saturated carbocycles. The van der Waals surface area contributed by atoms with Crippen LogP contribution < -0.4 is 5.73 Å². The van der Waals surface area contributed by atoms with Crippen molar-refractivity contribution in [3.63, 3.8) is 0 Å². The minimum absolute atomic E-state index is 0.0179. The van der Waals surface area contributed by atoms with Gasteiger partial charge < -0.3 is 10.9 Å². The lowest BCUT2D eigenvalue weighted by molar-refractivity contribution is 0.317. The van der Waals surface area contributed by atoms with Gasteiger partial charge in [-0.2, -0.15) is 0 Å². The molecule has 0 aliphatic heterocycles. The molecule has 1 aromatic rings. The molecule has 5 heteroatoms. The zero-order valence-corrected chi connectivity index (χ0v) is 10.8. The minimum atomic E-state index is 0.0179. The minimum Gasteiger partial charge on any atom is -0.409 e. The smallest absolute Gasteiger partial charge is 0.152 e. The van der Waals surface area contributed by atoms with Crippen LogP contribution in [0.15, 0.2) is 38.8 Å². The largest absolute Gasteiger partial charge is 0.409 e. The zero-order chi connectivity index (χ0) is 11.3. The Balaban J connectivity index is 2.75. The summed E-state index contributed by atoms with van der Waals surface area (Å²) in [6.45, 7) is 2.01. The zero-order valence-electron chi connectivity index (χ0n) is 8.35. The van der Waals surface area contributed by atoms with E-state index in [1.54, 1.807) is 11.8 Å². The van der Waals surface area contributed by atoms with Gasteiger partial charge in [0.15, 0.2) is 5.84 Å². The molecule has 0 aliphatic carbocycles. The van der Waals surface area contributed by atoms with Gasteiger partial charge in [-0.05, 0) is 24.6 Å². The molecule has 82 valence electrons. The van der Waals surface area contributed by atoms with Crippen LogP contribution in [-0.4, -0.2) is 16.3 Å². The fourth-order valence-electron chi connectivity index (χ4n) is 1.12. The average molecular weight is 289 g/mol. The van der Waals surface area contributed by atoms with Crippen LogP contribution in [0.25, 0.3) is 0 Å². The Morgan fingerprint density at radius 1 is 1.67 bits per heavy atom. The molecule has 0 heterocycles. The molecule has 0 saturated heterocycles. The summed E-state index contributed by atoms with van der Waals surface area (Å²) < 4.78 is 1.03. The Hall–Kier alpha value is -0.680. The number of nitrogens with zero attached hydrogens (tertiary/aromatic N) is 1. The summed E-state index contributed by atoms with van der Waals surface area (Å²) in [5.41, 5.74) is 5.58. The molecular formula is C10H13BrN2OS. The molecule has 1 aromatic carbocycles. The Kier molecular flexibility index (Phi) is 4.98. The van der Waals surface area contributed by atoms with Crippen LogP contribution in [0, 0.1) is 0 Å². The van der Waals surface area contributed by atoms with Gasteiger partial charge in [-0.15, -0.1) is 11.8 Å². The van der Waals surface area contributed by atoms with E-state index in [2.05, 4.69) is 21.1 Å². The van der Waals surface area contributed by atoms with E-state index >= 15 is 0 Å². The third-order valence-electron chi connectivity index (χ3n) is 1.89. The third kappa shape index (κ3) is 3.76. The van der Waals surface area contributed by atoms with Gasteiger partial charge in [-0.25, -0.2) is 0 Å². The molecule has 0 aromatic heterocycles. The van der Waals surface area contributed by atoms with Crippen molar-refractivity contribution in [1.82, 2.24) is 0 Å². The normalized spacial score (nSPS) is 13.9. The van der Waals surface area contributed by atoms with Gasteiger partial charge in [-0.3, -0.25) is 0 Å². The van der Waals surface area contributed by atoms with Crippen molar-refractivity contribution in [3.8, 4) is 0 Å². The number of hydrogen-bond acceptors (Lipinski definition) is 3. The van der Waals surface area contributed by atoms with Crippen molar-refractivity contribution in [2.24, 2.45) is 10.9 Å². The van der Waals surface area contributed by atoms with Crippen LogP contribution in [0.1, 0.15) is 13.3 Å². The summed E-state index contributed by atoms with van der Waals surface area (Å²) in [6, 6.07) is 7.95. The second-order valence-electron chi connectivity index (χ2n) is 3.00. The number of oxime groups is 1. The van der Waals surface area contributed by atoms with E-state index in [0.717, 1.165) is 15.8 Å². The molecule has 0 amide bonds. The first-order chi connectivity index (χ1) is 7.17.